The predicted molar refractivity (Wildman–Crippen MR) is 48.1 cm³/mol. The van der Waals surface area contributed by atoms with Gasteiger partial charge in [0.25, 0.3) is 0 Å². The van der Waals surface area contributed by atoms with E-state index in [2.05, 4.69) is 0 Å². The highest BCUT2D eigenvalue weighted by atomic mass is 19.1. The van der Waals surface area contributed by atoms with Crippen LogP contribution in [0.25, 0.3) is 0 Å². The maximum atomic E-state index is 13.3. The van der Waals surface area contributed by atoms with Gasteiger partial charge in [-0.05, 0) is 25.5 Å². The summed E-state index contributed by atoms with van der Waals surface area (Å²) in [6.45, 7) is 2.70. The number of Topliss-reactive ketones (excluding diaryl/α,β-unsaturated/α-hetero) is 1. The SMILES string of the molecule is CC(=O)c1ccc(C(=O)O)c(F)c1C. The Morgan fingerprint density at radius 3 is 2.21 bits per heavy atom. The third kappa shape index (κ3) is 1.64. The summed E-state index contributed by atoms with van der Waals surface area (Å²) >= 11 is 0. The van der Waals surface area contributed by atoms with Crippen LogP contribution in [0.1, 0.15) is 33.2 Å². The first kappa shape index (κ1) is 10.4. The van der Waals surface area contributed by atoms with Crippen LogP contribution in [-0.4, -0.2) is 16.9 Å². The van der Waals surface area contributed by atoms with Crippen LogP contribution < -0.4 is 0 Å². The number of benzene rings is 1. The Morgan fingerprint density at radius 1 is 1.29 bits per heavy atom. The largest absolute Gasteiger partial charge is 0.478 e. The molecule has 0 fully saturated rings. The van der Waals surface area contributed by atoms with Crippen molar-refractivity contribution >= 4 is 11.8 Å². The van der Waals surface area contributed by atoms with Gasteiger partial charge in [0.1, 0.15) is 5.82 Å². The van der Waals surface area contributed by atoms with Gasteiger partial charge in [-0.15, -0.1) is 0 Å². The quantitative estimate of drug-likeness (QED) is 0.736. The van der Waals surface area contributed by atoms with Crippen LogP contribution in [0.5, 0.6) is 0 Å². The Bertz CT molecular complexity index is 371. The van der Waals surface area contributed by atoms with Crippen LogP contribution in [-0.2, 0) is 0 Å². The Labute approximate surface area is 80.2 Å². The second-order valence-corrected chi connectivity index (χ2v) is 2.96. The van der Waals surface area contributed by atoms with Crippen LogP contribution in [0.2, 0.25) is 0 Å². The standard InChI is InChI=1S/C10H9FO3/c1-5-7(6(2)12)3-4-8(9(5)11)10(13)14/h3-4H,1-2H3,(H,13,14). The molecule has 0 atom stereocenters. The first-order valence-electron chi connectivity index (χ1n) is 3.98. The van der Waals surface area contributed by atoms with Crippen molar-refractivity contribution in [3.8, 4) is 0 Å². The molecule has 3 nitrogen and oxygen atoms in total. The van der Waals surface area contributed by atoms with E-state index in [-0.39, 0.29) is 16.9 Å². The molecule has 1 aromatic rings. The van der Waals surface area contributed by atoms with Gasteiger partial charge in [-0.25, -0.2) is 9.18 Å². The van der Waals surface area contributed by atoms with E-state index in [1.807, 2.05) is 0 Å². The number of carbonyl (C=O) groups excluding carboxylic acids is 1. The van der Waals surface area contributed by atoms with Gasteiger partial charge < -0.3 is 5.11 Å². The highest BCUT2D eigenvalue weighted by molar-refractivity contribution is 5.97. The molecule has 0 bridgehead atoms. The second-order valence-electron chi connectivity index (χ2n) is 2.96. The molecule has 14 heavy (non-hydrogen) atoms. The number of carboxylic acids is 1. The van der Waals surface area contributed by atoms with Crippen molar-refractivity contribution in [2.75, 3.05) is 0 Å². The van der Waals surface area contributed by atoms with E-state index in [1.165, 1.54) is 19.9 Å². The minimum Gasteiger partial charge on any atom is -0.478 e. The second kappa shape index (κ2) is 3.57. The van der Waals surface area contributed by atoms with E-state index in [1.54, 1.807) is 0 Å². The number of hydrogen-bond acceptors (Lipinski definition) is 2. The Morgan fingerprint density at radius 2 is 1.79 bits per heavy atom. The summed E-state index contributed by atoms with van der Waals surface area (Å²) in [4.78, 5) is 21.5. The van der Waals surface area contributed by atoms with E-state index < -0.39 is 17.3 Å². The lowest BCUT2D eigenvalue weighted by Gasteiger charge is -2.05. The van der Waals surface area contributed by atoms with Crippen LogP contribution in [0.4, 0.5) is 4.39 Å². The summed E-state index contributed by atoms with van der Waals surface area (Å²) in [6, 6.07) is 2.42. The summed E-state index contributed by atoms with van der Waals surface area (Å²) in [6.07, 6.45) is 0. The Kier molecular flexibility index (Phi) is 2.65. The fourth-order valence-corrected chi connectivity index (χ4v) is 1.23. The lowest BCUT2D eigenvalue weighted by atomic mass is 10.0. The van der Waals surface area contributed by atoms with Crippen molar-refractivity contribution in [3.63, 3.8) is 0 Å². The van der Waals surface area contributed by atoms with E-state index >= 15 is 0 Å². The average Bonchev–Trinajstić information content (AvgIpc) is 2.08. The van der Waals surface area contributed by atoms with Gasteiger partial charge in [-0.2, -0.15) is 0 Å². The highest BCUT2D eigenvalue weighted by Crippen LogP contribution is 2.17. The number of carboxylic acid groups (broad SMARTS) is 1. The number of halogens is 1. The zero-order valence-corrected chi connectivity index (χ0v) is 7.80. The van der Waals surface area contributed by atoms with Crippen molar-refractivity contribution in [3.05, 3.63) is 34.6 Å². The predicted octanol–water partition coefficient (Wildman–Crippen LogP) is 2.03. The number of ketones is 1. The summed E-state index contributed by atoms with van der Waals surface area (Å²) in [7, 11) is 0. The topological polar surface area (TPSA) is 54.4 Å². The Hall–Kier alpha value is -1.71. The molecular formula is C10H9FO3. The van der Waals surface area contributed by atoms with Crippen molar-refractivity contribution in [2.24, 2.45) is 0 Å². The summed E-state index contributed by atoms with van der Waals surface area (Å²) in [5.41, 5.74) is -0.114. The lowest BCUT2D eigenvalue weighted by Crippen LogP contribution is -2.06. The van der Waals surface area contributed by atoms with Gasteiger partial charge in [-0.1, -0.05) is 6.07 Å². The van der Waals surface area contributed by atoms with Gasteiger partial charge in [0, 0.05) is 5.56 Å². The monoisotopic (exact) mass is 196 g/mol. The molecule has 0 radical (unpaired) electrons. The van der Waals surface area contributed by atoms with Crippen LogP contribution in [0.3, 0.4) is 0 Å². The summed E-state index contributed by atoms with van der Waals surface area (Å²) in [5, 5.41) is 8.59. The summed E-state index contributed by atoms with van der Waals surface area (Å²) in [5.74, 6) is -2.45. The third-order valence-electron chi connectivity index (χ3n) is 2.00. The van der Waals surface area contributed by atoms with Gasteiger partial charge in [0.05, 0.1) is 5.56 Å². The molecule has 74 valence electrons. The maximum absolute atomic E-state index is 13.3. The fourth-order valence-electron chi connectivity index (χ4n) is 1.23. The minimum atomic E-state index is -1.33. The van der Waals surface area contributed by atoms with E-state index in [4.69, 9.17) is 5.11 Å². The number of carbonyl (C=O) groups is 2. The molecule has 0 unspecified atom stereocenters. The first-order chi connectivity index (χ1) is 6.45. The molecule has 0 saturated heterocycles. The lowest BCUT2D eigenvalue weighted by molar-refractivity contribution is 0.0691. The Balaban J connectivity index is 3.41. The molecule has 0 saturated carbocycles. The molecule has 1 N–H and O–H groups in total. The molecule has 1 rings (SSSR count). The smallest absolute Gasteiger partial charge is 0.338 e. The molecule has 0 aromatic heterocycles. The van der Waals surface area contributed by atoms with E-state index in [0.717, 1.165) is 6.07 Å². The van der Waals surface area contributed by atoms with Crippen molar-refractivity contribution in [2.45, 2.75) is 13.8 Å². The zero-order chi connectivity index (χ0) is 10.9. The van der Waals surface area contributed by atoms with Crippen molar-refractivity contribution < 1.29 is 19.1 Å². The van der Waals surface area contributed by atoms with Gasteiger partial charge in [0.15, 0.2) is 5.78 Å². The molecule has 0 heterocycles. The fraction of sp³-hybridized carbons (Fsp3) is 0.200. The van der Waals surface area contributed by atoms with Gasteiger partial charge in [0.2, 0.25) is 0 Å². The number of rotatable bonds is 2. The maximum Gasteiger partial charge on any atom is 0.338 e. The molecular weight excluding hydrogens is 187 g/mol. The number of hydrogen-bond donors (Lipinski definition) is 1. The third-order valence-corrected chi connectivity index (χ3v) is 2.00. The summed E-state index contributed by atoms with van der Waals surface area (Å²) < 4.78 is 13.3. The highest BCUT2D eigenvalue weighted by Gasteiger charge is 2.16. The molecule has 0 aliphatic carbocycles. The molecule has 0 aliphatic rings. The average molecular weight is 196 g/mol. The molecule has 0 spiro atoms. The van der Waals surface area contributed by atoms with Gasteiger partial charge >= 0.3 is 5.97 Å². The minimum absolute atomic E-state index is 0.0809. The van der Waals surface area contributed by atoms with Crippen molar-refractivity contribution in [1.29, 1.82) is 0 Å². The van der Waals surface area contributed by atoms with Crippen LogP contribution in [0.15, 0.2) is 12.1 Å². The molecule has 0 amide bonds. The van der Waals surface area contributed by atoms with E-state index in [9.17, 15) is 14.0 Å². The van der Waals surface area contributed by atoms with Crippen LogP contribution >= 0.6 is 0 Å². The molecule has 4 heteroatoms. The van der Waals surface area contributed by atoms with Crippen molar-refractivity contribution in [1.82, 2.24) is 0 Å². The first-order valence-corrected chi connectivity index (χ1v) is 3.98. The van der Waals surface area contributed by atoms with Crippen LogP contribution in [0, 0.1) is 12.7 Å². The number of aromatic carboxylic acids is 1. The normalized spacial score (nSPS) is 9.93. The molecule has 1 aromatic carbocycles. The van der Waals surface area contributed by atoms with E-state index in [0.29, 0.717) is 0 Å². The molecule has 0 aliphatic heterocycles. The van der Waals surface area contributed by atoms with Gasteiger partial charge in [-0.3, -0.25) is 4.79 Å². The zero-order valence-electron chi connectivity index (χ0n) is 7.80.